The van der Waals surface area contributed by atoms with E-state index in [0.29, 0.717) is 18.7 Å². The van der Waals surface area contributed by atoms with Crippen LogP contribution in [0.25, 0.3) is 0 Å². The van der Waals surface area contributed by atoms with E-state index in [4.69, 9.17) is 4.74 Å². The fourth-order valence-corrected chi connectivity index (χ4v) is 1.77. The van der Waals surface area contributed by atoms with Gasteiger partial charge in [0.15, 0.2) is 0 Å². The van der Waals surface area contributed by atoms with Crippen molar-refractivity contribution in [2.75, 3.05) is 0 Å². The molecule has 0 saturated carbocycles. The van der Waals surface area contributed by atoms with Gasteiger partial charge in [0.25, 0.3) is 0 Å². The molecule has 0 aromatic heterocycles. The highest BCUT2D eigenvalue weighted by atomic mass is 16.5. The summed E-state index contributed by atoms with van der Waals surface area (Å²) in [5.74, 6) is 0. The van der Waals surface area contributed by atoms with Crippen molar-refractivity contribution in [1.29, 1.82) is 0 Å². The van der Waals surface area contributed by atoms with Crippen LogP contribution in [-0.4, -0.2) is 17.2 Å². The molecule has 0 saturated heterocycles. The van der Waals surface area contributed by atoms with E-state index in [2.05, 4.69) is 0 Å². The van der Waals surface area contributed by atoms with Crippen LogP contribution in [0.1, 0.15) is 11.1 Å². The van der Waals surface area contributed by atoms with Crippen LogP contribution in [0.3, 0.4) is 0 Å². The Morgan fingerprint density at radius 3 is 2.22 bits per heavy atom. The largest absolute Gasteiger partial charge is 0.488 e. The van der Waals surface area contributed by atoms with E-state index in [1.54, 1.807) is 12.1 Å². The molecule has 0 fully saturated rings. The molecule has 0 amide bonds. The van der Waals surface area contributed by atoms with Crippen molar-refractivity contribution < 1.29 is 14.8 Å². The van der Waals surface area contributed by atoms with Crippen LogP contribution in [0.15, 0.2) is 54.6 Å². The van der Waals surface area contributed by atoms with Crippen molar-refractivity contribution in [2.45, 2.75) is 13.2 Å². The first-order valence-corrected chi connectivity index (χ1v) is 5.83. The molecule has 2 N–H and O–H groups in total. The summed E-state index contributed by atoms with van der Waals surface area (Å²) in [6, 6.07) is 17.0. The van der Waals surface area contributed by atoms with Gasteiger partial charge in [-0.2, -0.15) is 0 Å². The van der Waals surface area contributed by atoms with Crippen LogP contribution in [0.2, 0.25) is 0 Å². The minimum Gasteiger partial charge on any atom is -0.423 e. The van der Waals surface area contributed by atoms with Gasteiger partial charge in [0.1, 0.15) is 0 Å². The van der Waals surface area contributed by atoms with Crippen LogP contribution < -0.4 is 5.46 Å². The van der Waals surface area contributed by atoms with Crippen molar-refractivity contribution in [1.82, 2.24) is 0 Å². The zero-order chi connectivity index (χ0) is 12.8. The van der Waals surface area contributed by atoms with Gasteiger partial charge >= 0.3 is 7.12 Å². The summed E-state index contributed by atoms with van der Waals surface area (Å²) in [5, 5.41) is 18.4. The molecule has 0 heterocycles. The standard InChI is InChI=1S/C14H15BO3/c16-15(17)14-9-5-4-8-13(14)11-18-10-12-6-2-1-3-7-12/h1-9,16-17H,10-11H2. The third-order valence-electron chi connectivity index (χ3n) is 2.70. The molecule has 0 atom stereocenters. The predicted molar refractivity (Wildman–Crippen MR) is 71.2 cm³/mol. The van der Waals surface area contributed by atoms with Gasteiger partial charge in [0.05, 0.1) is 13.2 Å². The van der Waals surface area contributed by atoms with Crippen LogP contribution >= 0.6 is 0 Å². The first-order valence-electron chi connectivity index (χ1n) is 5.83. The lowest BCUT2D eigenvalue weighted by Crippen LogP contribution is -2.33. The molecule has 0 bridgehead atoms. The van der Waals surface area contributed by atoms with Crippen LogP contribution in [0.5, 0.6) is 0 Å². The second-order valence-corrected chi connectivity index (χ2v) is 4.05. The Bertz CT molecular complexity index is 485. The minimum atomic E-state index is -1.46. The molecule has 2 aromatic carbocycles. The van der Waals surface area contributed by atoms with E-state index in [0.717, 1.165) is 11.1 Å². The zero-order valence-electron chi connectivity index (χ0n) is 9.99. The highest BCUT2D eigenvalue weighted by Gasteiger charge is 2.14. The summed E-state index contributed by atoms with van der Waals surface area (Å²) in [4.78, 5) is 0. The molecular formula is C14H15BO3. The molecule has 18 heavy (non-hydrogen) atoms. The Kier molecular flexibility index (Phi) is 4.53. The average Bonchev–Trinajstić information content (AvgIpc) is 2.40. The molecule has 4 heteroatoms. The Hall–Kier alpha value is -1.62. The number of ether oxygens (including phenoxy) is 1. The summed E-state index contributed by atoms with van der Waals surface area (Å²) in [6.45, 7) is 0.874. The van der Waals surface area contributed by atoms with E-state index in [1.165, 1.54) is 0 Å². The van der Waals surface area contributed by atoms with Gasteiger partial charge in [-0.3, -0.25) is 0 Å². The fraction of sp³-hybridized carbons (Fsp3) is 0.143. The quantitative estimate of drug-likeness (QED) is 0.771. The van der Waals surface area contributed by atoms with Gasteiger partial charge in [-0.05, 0) is 16.6 Å². The number of benzene rings is 2. The summed E-state index contributed by atoms with van der Waals surface area (Å²) >= 11 is 0. The van der Waals surface area contributed by atoms with E-state index in [9.17, 15) is 10.0 Å². The highest BCUT2D eigenvalue weighted by Crippen LogP contribution is 2.04. The molecule has 0 radical (unpaired) electrons. The summed E-state index contributed by atoms with van der Waals surface area (Å²) < 4.78 is 5.57. The maximum Gasteiger partial charge on any atom is 0.488 e. The van der Waals surface area contributed by atoms with E-state index >= 15 is 0 Å². The highest BCUT2D eigenvalue weighted by molar-refractivity contribution is 6.59. The van der Waals surface area contributed by atoms with Gasteiger partial charge in [0.2, 0.25) is 0 Å². The molecule has 2 aromatic rings. The van der Waals surface area contributed by atoms with E-state index in [-0.39, 0.29) is 0 Å². The van der Waals surface area contributed by atoms with Crippen molar-refractivity contribution in [3.63, 3.8) is 0 Å². The van der Waals surface area contributed by atoms with Crippen LogP contribution in [0, 0.1) is 0 Å². The molecule has 92 valence electrons. The molecule has 2 rings (SSSR count). The minimum absolute atomic E-state index is 0.364. The van der Waals surface area contributed by atoms with Crippen molar-refractivity contribution >= 4 is 12.6 Å². The third kappa shape index (κ3) is 3.44. The van der Waals surface area contributed by atoms with E-state index in [1.807, 2.05) is 42.5 Å². The Balaban J connectivity index is 1.94. The molecule has 0 unspecified atom stereocenters. The predicted octanol–water partition coefficient (Wildman–Crippen LogP) is 1.08. The number of hydrogen-bond acceptors (Lipinski definition) is 3. The second kappa shape index (κ2) is 6.35. The number of hydrogen-bond donors (Lipinski definition) is 2. The lowest BCUT2D eigenvalue weighted by atomic mass is 9.77. The molecule has 0 aliphatic rings. The van der Waals surface area contributed by atoms with Gasteiger partial charge in [0, 0.05) is 0 Å². The first kappa shape index (κ1) is 12.8. The lowest BCUT2D eigenvalue weighted by Gasteiger charge is -2.09. The molecule has 3 nitrogen and oxygen atoms in total. The van der Waals surface area contributed by atoms with Gasteiger partial charge < -0.3 is 14.8 Å². The normalized spacial score (nSPS) is 10.3. The van der Waals surface area contributed by atoms with Gasteiger partial charge in [-0.15, -0.1) is 0 Å². The van der Waals surface area contributed by atoms with E-state index < -0.39 is 7.12 Å². The van der Waals surface area contributed by atoms with Gasteiger partial charge in [-0.25, -0.2) is 0 Å². The Labute approximate surface area is 107 Å². The van der Waals surface area contributed by atoms with Crippen molar-refractivity contribution in [2.24, 2.45) is 0 Å². The van der Waals surface area contributed by atoms with Crippen molar-refractivity contribution in [3.8, 4) is 0 Å². The maximum atomic E-state index is 9.22. The summed E-state index contributed by atoms with van der Waals surface area (Å²) in [5.41, 5.74) is 2.38. The summed E-state index contributed by atoms with van der Waals surface area (Å²) in [7, 11) is -1.46. The van der Waals surface area contributed by atoms with Crippen LogP contribution in [-0.2, 0) is 18.0 Å². The molecule has 0 aliphatic heterocycles. The smallest absolute Gasteiger partial charge is 0.423 e. The molecular weight excluding hydrogens is 227 g/mol. The Morgan fingerprint density at radius 2 is 1.50 bits per heavy atom. The summed E-state index contributed by atoms with van der Waals surface area (Å²) in [6.07, 6.45) is 0. The monoisotopic (exact) mass is 242 g/mol. The molecule has 0 spiro atoms. The van der Waals surface area contributed by atoms with Gasteiger partial charge in [-0.1, -0.05) is 54.6 Å². The average molecular weight is 242 g/mol. The van der Waals surface area contributed by atoms with Crippen LogP contribution in [0.4, 0.5) is 0 Å². The first-order chi connectivity index (χ1) is 8.77. The topological polar surface area (TPSA) is 49.7 Å². The molecule has 0 aliphatic carbocycles. The zero-order valence-corrected chi connectivity index (χ0v) is 9.99. The van der Waals surface area contributed by atoms with Crippen molar-refractivity contribution in [3.05, 3.63) is 65.7 Å². The third-order valence-corrected chi connectivity index (χ3v) is 2.70. The maximum absolute atomic E-state index is 9.22. The lowest BCUT2D eigenvalue weighted by molar-refractivity contribution is 0.107. The Morgan fingerprint density at radius 1 is 0.833 bits per heavy atom. The SMILES string of the molecule is OB(O)c1ccccc1COCc1ccccc1. The number of rotatable bonds is 5. The second-order valence-electron chi connectivity index (χ2n) is 4.05. The fourth-order valence-electron chi connectivity index (χ4n) is 1.77.